The summed E-state index contributed by atoms with van der Waals surface area (Å²) in [5.74, 6) is -0.869. The third kappa shape index (κ3) is 5.03. The van der Waals surface area contributed by atoms with Crippen molar-refractivity contribution >= 4 is 23.3 Å². The summed E-state index contributed by atoms with van der Waals surface area (Å²) >= 11 is 0. The fourth-order valence-electron chi connectivity index (χ4n) is 2.00. The maximum Gasteiger partial charge on any atom is 0.338 e. The predicted molar refractivity (Wildman–Crippen MR) is 89.6 cm³/mol. The van der Waals surface area contributed by atoms with Gasteiger partial charge >= 0.3 is 5.97 Å². The zero-order valence-electron chi connectivity index (χ0n) is 13.4. The Morgan fingerprint density at radius 3 is 2.64 bits per heavy atom. The lowest BCUT2D eigenvalue weighted by atomic mass is 10.2. The number of nitro benzene ring substituents is 1. The molecule has 0 bridgehead atoms. The highest BCUT2D eigenvalue weighted by molar-refractivity contribution is 5.96. The number of esters is 1. The summed E-state index contributed by atoms with van der Waals surface area (Å²) in [6.45, 7) is 1.73. The first kappa shape index (κ1) is 17.9. The first-order valence-electron chi connectivity index (χ1n) is 7.44. The van der Waals surface area contributed by atoms with Crippen LogP contribution in [0.1, 0.15) is 17.3 Å². The molecule has 0 saturated carbocycles. The molecule has 0 radical (unpaired) electrons. The van der Waals surface area contributed by atoms with Crippen LogP contribution >= 0.6 is 0 Å². The van der Waals surface area contributed by atoms with E-state index in [2.05, 4.69) is 5.32 Å². The molecule has 1 N–H and O–H groups in total. The van der Waals surface area contributed by atoms with E-state index in [-0.39, 0.29) is 11.3 Å². The number of hydrogen-bond donors (Lipinski definition) is 1. The zero-order chi connectivity index (χ0) is 18.2. The third-order valence-electron chi connectivity index (χ3n) is 3.09. The summed E-state index contributed by atoms with van der Waals surface area (Å²) in [5.41, 5.74) is 0.224. The number of carbonyl (C=O) groups is 2. The average Bonchev–Trinajstić information content (AvgIpc) is 2.61. The fourth-order valence-corrected chi connectivity index (χ4v) is 2.00. The molecule has 0 unspecified atom stereocenters. The van der Waals surface area contributed by atoms with Crippen LogP contribution in [-0.2, 0) is 9.53 Å². The molecule has 2 rings (SSSR count). The van der Waals surface area contributed by atoms with Crippen molar-refractivity contribution in [2.45, 2.75) is 6.92 Å². The van der Waals surface area contributed by atoms with Crippen molar-refractivity contribution < 1.29 is 24.0 Å². The van der Waals surface area contributed by atoms with Gasteiger partial charge < -0.3 is 14.8 Å². The molecule has 8 nitrogen and oxygen atoms in total. The molecule has 25 heavy (non-hydrogen) atoms. The Bertz CT molecular complexity index is 790. The van der Waals surface area contributed by atoms with Gasteiger partial charge in [0.2, 0.25) is 0 Å². The lowest BCUT2D eigenvalue weighted by Gasteiger charge is -2.11. The van der Waals surface area contributed by atoms with E-state index in [4.69, 9.17) is 9.47 Å². The van der Waals surface area contributed by atoms with E-state index in [9.17, 15) is 19.7 Å². The third-order valence-corrected chi connectivity index (χ3v) is 3.09. The van der Waals surface area contributed by atoms with Crippen molar-refractivity contribution in [1.29, 1.82) is 0 Å². The number of rotatable bonds is 7. The number of amides is 1. The lowest BCUT2D eigenvalue weighted by Crippen LogP contribution is -2.21. The predicted octanol–water partition coefficient (Wildman–Crippen LogP) is 2.79. The highest BCUT2D eigenvalue weighted by Gasteiger charge is 2.15. The van der Waals surface area contributed by atoms with Crippen LogP contribution in [0.3, 0.4) is 0 Å². The number of carbonyl (C=O) groups excluding carboxylic acids is 2. The number of para-hydroxylation sites is 2. The first-order chi connectivity index (χ1) is 12.0. The topological polar surface area (TPSA) is 108 Å². The Hall–Kier alpha value is -3.42. The van der Waals surface area contributed by atoms with E-state index >= 15 is 0 Å². The molecule has 2 aromatic carbocycles. The number of nitro groups is 1. The average molecular weight is 344 g/mol. The van der Waals surface area contributed by atoms with Gasteiger partial charge in [-0.25, -0.2) is 4.79 Å². The summed E-state index contributed by atoms with van der Waals surface area (Å²) in [5, 5.41) is 13.3. The molecule has 130 valence electrons. The molecule has 0 spiro atoms. The first-order valence-corrected chi connectivity index (χ1v) is 7.44. The number of ether oxygens (including phenoxy) is 2. The SMILES string of the molecule is CCOc1ccccc1NC(=O)COC(=O)c1cccc([N+](=O)[O-])c1. The van der Waals surface area contributed by atoms with E-state index in [1.165, 1.54) is 18.2 Å². The number of hydrogen-bond acceptors (Lipinski definition) is 6. The quantitative estimate of drug-likeness (QED) is 0.470. The van der Waals surface area contributed by atoms with Crippen LogP contribution in [0.15, 0.2) is 48.5 Å². The van der Waals surface area contributed by atoms with Gasteiger partial charge in [0.25, 0.3) is 11.6 Å². The molecule has 1 amide bonds. The van der Waals surface area contributed by atoms with Gasteiger partial charge in [-0.2, -0.15) is 0 Å². The molecule has 0 aliphatic rings. The highest BCUT2D eigenvalue weighted by Crippen LogP contribution is 2.23. The molecule has 0 aliphatic carbocycles. The Balaban J connectivity index is 1.95. The smallest absolute Gasteiger partial charge is 0.338 e. The fraction of sp³-hybridized carbons (Fsp3) is 0.176. The Kier molecular flexibility index (Phi) is 6.05. The van der Waals surface area contributed by atoms with Crippen LogP contribution < -0.4 is 10.1 Å². The Morgan fingerprint density at radius 1 is 1.16 bits per heavy atom. The van der Waals surface area contributed by atoms with Crippen molar-refractivity contribution in [2.75, 3.05) is 18.5 Å². The molecule has 0 saturated heterocycles. The Labute approximate surface area is 143 Å². The molecule has 8 heteroatoms. The van der Waals surface area contributed by atoms with Crippen LogP contribution in [0.4, 0.5) is 11.4 Å². The molecule has 2 aromatic rings. The lowest BCUT2D eigenvalue weighted by molar-refractivity contribution is -0.384. The van der Waals surface area contributed by atoms with Crippen LogP contribution in [0.2, 0.25) is 0 Å². The maximum absolute atomic E-state index is 11.9. The number of non-ortho nitro benzene ring substituents is 1. The minimum absolute atomic E-state index is 0.00304. The number of nitrogens with one attached hydrogen (secondary N) is 1. The summed E-state index contributed by atoms with van der Waals surface area (Å²) in [4.78, 5) is 33.9. The number of anilines is 1. The molecule has 0 aromatic heterocycles. The molecule has 0 fully saturated rings. The van der Waals surface area contributed by atoms with Crippen LogP contribution in [-0.4, -0.2) is 30.0 Å². The zero-order valence-corrected chi connectivity index (χ0v) is 13.4. The monoisotopic (exact) mass is 344 g/mol. The van der Waals surface area contributed by atoms with Crippen molar-refractivity contribution in [1.82, 2.24) is 0 Å². The second kappa shape index (κ2) is 8.44. The van der Waals surface area contributed by atoms with E-state index in [0.717, 1.165) is 6.07 Å². The minimum Gasteiger partial charge on any atom is -0.492 e. The largest absolute Gasteiger partial charge is 0.492 e. The normalized spacial score (nSPS) is 9.96. The van der Waals surface area contributed by atoms with Gasteiger partial charge in [-0.05, 0) is 25.1 Å². The summed E-state index contributed by atoms with van der Waals surface area (Å²) < 4.78 is 10.3. The number of benzene rings is 2. The van der Waals surface area contributed by atoms with E-state index in [1.807, 2.05) is 6.92 Å². The van der Waals surface area contributed by atoms with Gasteiger partial charge in [-0.1, -0.05) is 18.2 Å². The van der Waals surface area contributed by atoms with Gasteiger partial charge in [-0.15, -0.1) is 0 Å². The van der Waals surface area contributed by atoms with Crippen molar-refractivity contribution in [3.8, 4) is 5.75 Å². The van der Waals surface area contributed by atoms with Crippen LogP contribution in [0.5, 0.6) is 5.75 Å². The van der Waals surface area contributed by atoms with E-state index < -0.39 is 23.4 Å². The summed E-state index contributed by atoms with van der Waals surface area (Å²) in [7, 11) is 0. The van der Waals surface area contributed by atoms with E-state index in [1.54, 1.807) is 24.3 Å². The van der Waals surface area contributed by atoms with Crippen molar-refractivity contribution in [2.24, 2.45) is 0 Å². The maximum atomic E-state index is 11.9. The standard InChI is InChI=1S/C17H16N2O6/c1-2-24-15-9-4-3-8-14(15)18-16(20)11-25-17(21)12-6-5-7-13(10-12)19(22)23/h3-10H,2,11H2,1H3,(H,18,20). The molecular weight excluding hydrogens is 328 g/mol. The second-order valence-electron chi connectivity index (χ2n) is 4.86. The molecule has 0 aliphatic heterocycles. The van der Waals surface area contributed by atoms with Crippen LogP contribution in [0, 0.1) is 10.1 Å². The van der Waals surface area contributed by atoms with E-state index in [0.29, 0.717) is 18.0 Å². The van der Waals surface area contributed by atoms with Gasteiger partial charge in [-0.3, -0.25) is 14.9 Å². The van der Waals surface area contributed by atoms with Gasteiger partial charge in [0.15, 0.2) is 6.61 Å². The van der Waals surface area contributed by atoms with Gasteiger partial charge in [0.1, 0.15) is 5.75 Å². The van der Waals surface area contributed by atoms with Crippen molar-refractivity contribution in [3.63, 3.8) is 0 Å². The molecular formula is C17H16N2O6. The molecule has 0 atom stereocenters. The van der Waals surface area contributed by atoms with Crippen LogP contribution in [0.25, 0.3) is 0 Å². The molecule has 0 heterocycles. The Morgan fingerprint density at radius 2 is 1.92 bits per heavy atom. The highest BCUT2D eigenvalue weighted by atomic mass is 16.6. The van der Waals surface area contributed by atoms with Gasteiger partial charge in [0, 0.05) is 12.1 Å². The van der Waals surface area contributed by atoms with Crippen molar-refractivity contribution in [3.05, 3.63) is 64.2 Å². The number of nitrogens with zero attached hydrogens (tertiary/aromatic N) is 1. The second-order valence-corrected chi connectivity index (χ2v) is 4.86. The van der Waals surface area contributed by atoms with Gasteiger partial charge in [0.05, 0.1) is 22.8 Å². The summed E-state index contributed by atoms with van der Waals surface area (Å²) in [6.07, 6.45) is 0. The minimum atomic E-state index is -0.822. The summed E-state index contributed by atoms with van der Waals surface area (Å²) in [6, 6.07) is 11.9.